The molecule has 1 aromatic heterocycles. The van der Waals surface area contributed by atoms with Crippen molar-refractivity contribution in [2.45, 2.75) is 12.3 Å². The Morgan fingerprint density at radius 2 is 1.96 bits per heavy atom. The van der Waals surface area contributed by atoms with Crippen LogP contribution in [0.2, 0.25) is 0 Å². The van der Waals surface area contributed by atoms with Gasteiger partial charge in [0.25, 0.3) is 6.01 Å². The van der Waals surface area contributed by atoms with Gasteiger partial charge in [0.05, 0.1) is 19.8 Å². The number of carbonyl (C=O) groups excluding carboxylic acids is 3. The first-order chi connectivity index (χ1) is 13.4. The third-order valence-corrected chi connectivity index (χ3v) is 5.19. The number of rotatable bonds is 3. The van der Waals surface area contributed by atoms with Gasteiger partial charge in [-0.2, -0.15) is 4.98 Å². The van der Waals surface area contributed by atoms with Crippen LogP contribution in [-0.2, 0) is 29.3 Å². The second-order valence-electron chi connectivity index (χ2n) is 6.44. The number of hydrogen-bond donors (Lipinski definition) is 1. The number of allylic oxidation sites excluding steroid dienone is 1. The molecule has 144 valence electrons. The first-order valence-corrected chi connectivity index (χ1v) is 8.43. The fraction of sp³-hybridized carbons (Fsp3) is 0.263. The van der Waals surface area contributed by atoms with Crippen molar-refractivity contribution in [3.05, 3.63) is 46.8 Å². The van der Waals surface area contributed by atoms with E-state index in [1.54, 1.807) is 31.2 Å². The van der Waals surface area contributed by atoms with Gasteiger partial charge in [-0.15, -0.1) is 0 Å². The molecule has 1 amide bonds. The van der Waals surface area contributed by atoms with E-state index in [0.29, 0.717) is 16.9 Å². The SMILES string of the molecule is COC(=O)CN1C(=O)C2(C(C(=O)OC)=C1C)c1ccccc1-c1oc(N)nc12. The van der Waals surface area contributed by atoms with Crippen molar-refractivity contribution < 1.29 is 28.3 Å². The number of amides is 1. The minimum atomic E-state index is -1.60. The van der Waals surface area contributed by atoms with Gasteiger partial charge >= 0.3 is 11.9 Å². The number of carbonyl (C=O) groups is 3. The van der Waals surface area contributed by atoms with E-state index in [-0.39, 0.29) is 29.5 Å². The Hall–Kier alpha value is -3.62. The molecule has 2 heterocycles. The normalized spacial score (nSPS) is 19.8. The van der Waals surface area contributed by atoms with Gasteiger partial charge in [0.1, 0.15) is 12.2 Å². The Morgan fingerprint density at radius 3 is 2.64 bits per heavy atom. The fourth-order valence-corrected chi connectivity index (χ4v) is 4.03. The Kier molecular flexibility index (Phi) is 3.77. The molecule has 2 aromatic rings. The molecule has 0 fully saturated rings. The Bertz CT molecular complexity index is 1070. The second kappa shape index (κ2) is 5.95. The summed E-state index contributed by atoms with van der Waals surface area (Å²) in [7, 11) is 2.45. The number of nitrogen functional groups attached to an aromatic ring is 1. The van der Waals surface area contributed by atoms with Gasteiger partial charge in [0, 0.05) is 11.3 Å². The van der Waals surface area contributed by atoms with Gasteiger partial charge in [0.15, 0.2) is 11.2 Å². The standard InChI is InChI=1S/C19H17N3O6/c1-9-13(16(24)27-3)19(17(25)22(9)8-12(23)26-2)11-7-5-4-6-10(11)14-15(19)21-18(20)28-14/h4-7H,8H2,1-3H3,(H2,20,21). The molecule has 4 rings (SSSR count). The maximum Gasteiger partial charge on any atom is 0.337 e. The molecule has 1 atom stereocenters. The van der Waals surface area contributed by atoms with Gasteiger partial charge in [-0.1, -0.05) is 24.3 Å². The van der Waals surface area contributed by atoms with Crippen LogP contribution >= 0.6 is 0 Å². The number of nitrogens with two attached hydrogens (primary N) is 1. The van der Waals surface area contributed by atoms with Crippen LogP contribution in [0.25, 0.3) is 11.3 Å². The van der Waals surface area contributed by atoms with E-state index in [1.807, 2.05) is 0 Å². The molecule has 0 bridgehead atoms. The third-order valence-electron chi connectivity index (χ3n) is 5.19. The minimum Gasteiger partial charge on any atom is -0.468 e. The molecule has 1 unspecified atom stereocenters. The van der Waals surface area contributed by atoms with Crippen LogP contribution in [0.1, 0.15) is 18.2 Å². The summed E-state index contributed by atoms with van der Waals surface area (Å²) in [6, 6.07) is 6.88. The number of esters is 2. The lowest BCUT2D eigenvalue weighted by molar-refractivity contribution is -0.146. The van der Waals surface area contributed by atoms with Crippen molar-refractivity contribution in [2.24, 2.45) is 0 Å². The van der Waals surface area contributed by atoms with Crippen LogP contribution < -0.4 is 5.73 Å². The number of hydrogen-bond acceptors (Lipinski definition) is 8. The Labute approximate surface area is 159 Å². The van der Waals surface area contributed by atoms with Crippen molar-refractivity contribution in [2.75, 3.05) is 26.5 Å². The van der Waals surface area contributed by atoms with Crippen LogP contribution in [0.15, 0.2) is 40.0 Å². The summed E-state index contributed by atoms with van der Waals surface area (Å²) in [5.74, 6) is -1.53. The molecule has 2 aliphatic rings. The van der Waals surface area contributed by atoms with Gasteiger partial charge in [-0.3, -0.25) is 9.59 Å². The quantitative estimate of drug-likeness (QED) is 0.778. The number of aromatic nitrogens is 1. The van der Waals surface area contributed by atoms with E-state index in [1.165, 1.54) is 19.1 Å². The zero-order valence-electron chi connectivity index (χ0n) is 15.4. The van der Waals surface area contributed by atoms with E-state index in [9.17, 15) is 14.4 Å². The van der Waals surface area contributed by atoms with Crippen LogP contribution in [0.3, 0.4) is 0 Å². The predicted molar refractivity (Wildman–Crippen MR) is 95.6 cm³/mol. The lowest BCUT2D eigenvalue weighted by Gasteiger charge is -2.26. The fourth-order valence-electron chi connectivity index (χ4n) is 4.03. The molecule has 1 aromatic carbocycles. The lowest BCUT2D eigenvalue weighted by atomic mass is 9.74. The molecule has 1 spiro atoms. The zero-order valence-corrected chi connectivity index (χ0v) is 15.4. The van der Waals surface area contributed by atoms with Crippen LogP contribution in [0.5, 0.6) is 0 Å². The van der Waals surface area contributed by atoms with E-state index < -0.39 is 23.3 Å². The maximum absolute atomic E-state index is 13.7. The number of anilines is 1. The summed E-state index contributed by atoms with van der Waals surface area (Å²) in [4.78, 5) is 43.8. The topological polar surface area (TPSA) is 125 Å². The van der Waals surface area contributed by atoms with Gasteiger partial charge < -0.3 is 24.5 Å². The highest BCUT2D eigenvalue weighted by molar-refractivity contribution is 6.14. The molecule has 1 aliphatic carbocycles. The monoisotopic (exact) mass is 383 g/mol. The molecular weight excluding hydrogens is 366 g/mol. The highest BCUT2D eigenvalue weighted by Crippen LogP contribution is 2.57. The average molecular weight is 383 g/mol. The third kappa shape index (κ3) is 2.01. The van der Waals surface area contributed by atoms with Crippen molar-refractivity contribution in [3.63, 3.8) is 0 Å². The van der Waals surface area contributed by atoms with E-state index in [0.717, 1.165) is 0 Å². The Morgan fingerprint density at radius 1 is 1.25 bits per heavy atom. The second-order valence-corrected chi connectivity index (χ2v) is 6.44. The first kappa shape index (κ1) is 17.8. The number of oxazole rings is 1. The summed E-state index contributed by atoms with van der Waals surface area (Å²) in [5.41, 5.74) is 5.85. The summed E-state index contributed by atoms with van der Waals surface area (Å²) in [5, 5.41) is 0. The number of fused-ring (bicyclic) bond motifs is 5. The van der Waals surface area contributed by atoms with Crippen molar-refractivity contribution in [1.29, 1.82) is 0 Å². The molecule has 1 aliphatic heterocycles. The van der Waals surface area contributed by atoms with Crippen LogP contribution in [0, 0.1) is 0 Å². The van der Waals surface area contributed by atoms with Gasteiger partial charge in [-0.05, 0) is 12.5 Å². The zero-order chi connectivity index (χ0) is 20.2. The summed E-state index contributed by atoms with van der Waals surface area (Å²) >= 11 is 0. The number of nitrogens with zero attached hydrogens (tertiary/aromatic N) is 2. The average Bonchev–Trinajstić information content (AvgIpc) is 3.27. The first-order valence-electron chi connectivity index (χ1n) is 8.43. The minimum absolute atomic E-state index is 0.0726. The Balaban J connectivity index is 2.05. The van der Waals surface area contributed by atoms with Crippen LogP contribution in [0.4, 0.5) is 6.01 Å². The highest BCUT2D eigenvalue weighted by atomic mass is 16.5. The lowest BCUT2D eigenvalue weighted by Crippen LogP contribution is -2.43. The predicted octanol–water partition coefficient (Wildman–Crippen LogP) is 0.985. The summed E-state index contributed by atoms with van der Waals surface area (Å²) < 4.78 is 15.2. The van der Waals surface area contributed by atoms with E-state index in [4.69, 9.17) is 19.6 Å². The highest BCUT2D eigenvalue weighted by Gasteiger charge is 2.63. The van der Waals surface area contributed by atoms with Crippen molar-refractivity contribution >= 4 is 23.9 Å². The maximum atomic E-state index is 13.7. The molecule has 0 saturated heterocycles. The molecule has 9 heteroatoms. The molecular formula is C19H17N3O6. The smallest absolute Gasteiger partial charge is 0.337 e. The molecule has 28 heavy (non-hydrogen) atoms. The summed E-state index contributed by atoms with van der Waals surface area (Å²) in [6.45, 7) is 1.22. The summed E-state index contributed by atoms with van der Waals surface area (Å²) in [6.07, 6.45) is 0. The number of methoxy groups -OCH3 is 2. The van der Waals surface area contributed by atoms with Crippen molar-refractivity contribution in [1.82, 2.24) is 9.88 Å². The number of ether oxygens (including phenoxy) is 2. The van der Waals surface area contributed by atoms with E-state index >= 15 is 0 Å². The molecule has 0 saturated carbocycles. The van der Waals surface area contributed by atoms with Crippen molar-refractivity contribution in [3.8, 4) is 11.3 Å². The van der Waals surface area contributed by atoms with Crippen LogP contribution in [-0.4, -0.2) is 48.5 Å². The largest absolute Gasteiger partial charge is 0.468 e. The number of benzene rings is 1. The van der Waals surface area contributed by atoms with E-state index in [2.05, 4.69) is 4.98 Å². The molecule has 9 nitrogen and oxygen atoms in total. The molecule has 2 N–H and O–H groups in total. The molecule has 0 radical (unpaired) electrons. The van der Waals surface area contributed by atoms with Gasteiger partial charge in [0.2, 0.25) is 5.91 Å². The van der Waals surface area contributed by atoms with Gasteiger partial charge in [-0.25, -0.2) is 4.79 Å².